The summed E-state index contributed by atoms with van der Waals surface area (Å²) >= 11 is 0. The van der Waals surface area contributed by atoms with Crippen molar-refractivity contribution >= 4 is 17.4 Å². The van der Waals surface area contributed by atoms with Gasteiger partial charge in [0, 0.05) is 32.1 Å². The average Bonchev–Trinajstić information content (AvgIpc) is 2.89. The molecule has 0 unspecified atom stereocenters. The molecule has 1 saturated heterocycles. The van der Waals surface area contributed by atoms with Crippen LogP contribution in [-0.4, -0.2) is 36.3 Å². The Morgan fingerprint density at radius 1 is 1.36 bits per heavy atom. The van der Waals surface area contributed by atoms with Gasteiger partial charge in [0.25, 0.3) is 0 Å². The van der Waals surface area contributed by atoms with Crippen molar-refractivity contribution in [2.75, 3.05) is 19.6 Å². The highest BCUT2D eigenvalue weighted by Gasteiger charge is 2.18. The van der Waals surface area contributed by atoms with E-state index < -0.39 is 0 Å². The number of carbonyl (C=O) groups excluding carboxylic acids is 2. The van der Waals surface area contributed by atoms with E-state index in [9.17, 15) is 14.0 Å². The van der Waals surface area contributed by atoms with Crippen LogP contribution in [0.5, 0.6) is 0 Å². The van der Waals surface area contributed by atoms with Crippen LogP contribution in [0.3, 0.4) is 0 Å². The number of nitrogens with zero attached hydrogens (tertiary/aromatic N) is 1. The summed E-state index contributed by atoms with van der Waals surface area (Å²) < 4.78 is 12.8. The first-order valence-corrected chi connectivity index (χ1v) is 7.56. The SMILES string of the molecule is C/C(=C/C(=O)NCCCN1CCCC1=O)c1ccc(F)cc1. The zero-order chi connectivity index (χ0) is 15.9. The standard InChI is InChI=1S/C17H21FN2O2/c1-13(14-5-7-15(18)8-6-14)12-16(21)19-9-3-11-20-10-2-4-17(20)22/h5-8,12H,2-4,9-11H2,1H3,(H,19,21)/b13-12-. The van der Waals surface area contributed by atoms with Crippen LogP contribution in [0.15, 0.2) is 30.3 Å². The minimum absolute atomic E-state index is 0.172. The lowest BCUT2D eigenvalue weighted by Crippen LogP contribution is -2.30. The molecule has 0 saturated carbocycles. The predicted molar refractivity (Wildman–Crippen MR) is 83.5 cm³/mol. The molecule has 0 aliphatic carbocycles. The first-order valence-electron chi connectivity index (χ1n) is 7.56. The van der Waals surface area contributed by atoms with E-state index in [1.807, 2.05) is 11.8 Å². The molecule has 1 fully saturated rings. The molecular weight excluding hydrogens is 283 g/mol. The molecule has 0 spiro atoms. The number of rotatable bonds is 6. The number of hydrogen-bond donors (Lipinski definition) is 1. The fraction of sp³-hybridized carbons (Fsp3) is 0.412. The van der Waals surface area contributed by atoms with E-state index in [1.54, 1.807) is 12.1 Å². The number of likely N-dealkylation sites (tertiary alicyclic amines) is 1. The van der Waals surface area contributed by atoms with Gasteiger partial charge in [0.05, 0.1) is 0 Å². The average molecular weight is 304 g/mol. The fourth-order valence-electron chi connectivity index (χ4n) is 2.47. The second-order valence-corrected chi connectivity index (χ2v) is 5.46. The van der Waals surface area contributed by atoms with Crippen LogP contribution in [0, 0.1) is 5.82 Å². The van der Waals surface area contributed by atoms with Crippen molar-refractivity contribution in [3.05, 3.63) is 41.7 Å². The smallest absolute Gasteiger partial charge is 0.244 e. The summed E-state index contributed by atoms with van der Waals surface area (Å²) in [5, 5.41) is 2.81. The van der Waals surface area contributed by atoms with Crippen molar-refractivity contribution in [3.63, 3.8) is 0 Å². The van der Waals surface area contributed by atoms with E-state index in [2.05, 4.69) is 5.32 Å². The molecule has 5 heteroatoms. The largest absolute Gasteiger partial charge is 0.352 e. The van der Waals surface area contributed by atoms with Gasteiger partial charge in [-0.1, -0.05) is 12.1 Å². The van der Waals surface area contributed by atoms with Gasteiger partial charge in [0.15, 0.2) is 0 Å². The molecule has 1 aliphatic heterocycles. The Balaban J connectivity index is 1.73. The molecule has 118 valence electrons. The van der Waals surface area contributed by atoms with Crippen molar-refractivity contribution in [2.24, 2.45) is 0 Å². The lowest BCUT2D eigenvalue weighted by atomic mass is 10.1. The van der Waals surface area contributed by atoms with Crippen LogP contribution >= 0.6 is 0 Å². The van der Waals surface area contributed by atoms with Gasteiger partial charge in [-0.15, -0.1) is 0 Å². The van der Waals surface area contributed by atoms with Crippen molar-refractivity contribution < 1.29 is 14.0 Å². The Labute approximate surface area is 130 Å². The molecule has 1 heterocycles. The molecule has 1 aromatic rings. The van der Waals surface area contributed by atoms with Crippen LogP contribution < -0.4 is 5.32 Å². The first-order chi connectivity index (χ1) is 10.6. The van der Waals surface area contributed by atoms with E-state index in [-0.39, 0.29) is 17.6 Å². The van der Waals surface area contributed by atoms with Crippen molar-refractivity contribution in [1.82, 2.24) is 10.2 Å². The molecule has 2 amide bonds. The Kier molecular flexibility index (Phi) is 5.69. The molecule has 1 aliphatic rings. The van der Waals surface area contributed by atoms with Crippen molar-refractivity contribution in [2.45, 2.75) is 26.2 Å². The van der Waals surface area contributed by atoms with Crippen LogP contribution in [0.2, 0.25) is 0 Å². The summed E-state index contributed by atoms with van der Waals surface area (Å²) in [7, 11) is 0. The van der Waals surface area contributed by atoms with Crippen LogP contribution in [0.4, 0.5) is 4.39 Å². The Morgan fingerprint density at radius 3 is 2.73 bits per heavy atom. The topological polar surface area (TPSA) is 49.4 Å². The molecular formula is C17H21FN2O2. The van der Waals surface area contributed by atoms with Gasteiger partial charge in [-0.2, -0.15) is 0 Å². The molecule has 0 atom stereocenters. The second-order valence-electron chi connectivity index (χ2n) is 5.46. The number of allylic oxidation sites excluding steroid dienone is 1. The third-order valence-corrected chi connectivity index (χ3v) is 3.72. The third-order valence-electron chi connectivity index (χ3n) is 3.72. The number of hydrogen-bond acceptors (Lipinski definition) is 2. The lowest BCUT2D eigenvalue weighted by Gasteiger charge is -2.15. The van der Waals surface area contributed by atoms with E-state index in [4.69, 9.17) is 0 Å². The quantitative estimate of drug-likeness (QED) is 0.648. The van der Waals surface area contributed by atoms with Crippen LogP contribution in [0.25, 0.3) is 5.57 Å². The zero-order valence-corrected chi connectivity index (χ0v) is 12.8. The highest BCUT2D eigenvalue weighted by atomic mass is 19.1. The molecule has 1 N–H and O–H groups in total. The van der Waals surface area contributed by atoms with Crippen molar-refractivity contribution in [1.29, 1.82) is 0 Å². The van der Waals surface area contributed by atoms with Crippen LogP contribution in [-0.2, 0) is 9.59 Å². The highest BCUT2D eigenvalue weighted by Crippen LogP contribution is 2.13. The van der Waals surface area contributed by atoms with Gasteiger partial charge in [0.2, 0.25) is 11.8 Å². The molecule has 0 radical (unpaired) electrons. The van der Waals surface area contributed by atoms with Gasteiger partial charge in [-0.3, -0.25) is 9.59 Å². The summed E-state index contributed by atoms with van der Waals surface area (Å²) in [6, 6.07) is 6.04. The Bertz CT molecular complexity index is 567. The summed E-state index contributed by atoms with van der Waals surface area (Å²) in [6.45, 7) is 3.88. The maximum Gasteiger partial charge on any atom is 0.244 e. The minimum atomic E-state index is -0.294. The van der Waals surface area contributed by atoms with Crippen LogP contribution in [0.1, 0.15) is 31.7 Å². The minimum Gasteiger partial charge on any atom is -0.352 e. The third kappa shape index (κ3) is 4.69. The highest BCUT2D eigenvalue weighted by molar-refractivity contribution is 5.94. The molecule has 22 heavy (non-hydrogen) atoms. The number of carbonyl (C=O) groups is 2. The normalized spacial score (nSPS) is 15.3. The first kappa shape index (κ1) is 16.2. The van der Waals surface area contributed by atoms with E-state index in [0.717, 1.165) is 30.5 Å². The Morgan fingerprint density at radius 2 is 2.09 bits per heavy atom. The lowest BCUT2D eigenvalue weighted by molar-refractivity contribution is -0.127. The maximum atomic E-state index is 12.8. The summed E-state index contributed by atoms with van der Waals surface area (Å²) in [5.74, 6) is -0.259. The molecule has 4 nitrogen and oxygen atoms in total. The fourth-order valence-corrected chi connectivity index (χ4v) is 2.47. The Hall–Kier alpha value is -2.17. The van der Waals surface area contributed by atoms with Gasteiger partial charge in [-0.05, 0) is 43.0 Å². The number of halogens is 1. The number of benzene rings is 1. The van der Waals surface area contributed by atoms with E-state index >= 15 is 0 Å². The van der Waals surface area contributed by atoms with E-state index in [1.165, 1.54) is 18.2 Å². The zero-order valence-electron chi connectivity index (χ0n) is 12.8. The molecule has 0 aromatic heterocycles. The number of nitrogens with one attached hydrogen (secondary N) is 1. The van der Waals surface area contributed by atoms with Gasteiger partial charge in [0.1, 0.15) is 5.82 Å². The summed E-state index contributed by atoms with van der Waals surface area (Å²) in [4.78, 5) is 25.1. The second kappa shape index (κ2) is 7.73. The maximum absolute atomic E-state index is 12.8. The molecule has 1 aromatic carbocycles. The molecule has 2 rings (SSSR count). The van der Waals surface area contributed by atoms with Gasteiger partial charge < -0.3 is 10.2 Å². The van der Waals surface area contributed by atoms with E-state index in [0.29, 0.717) is 19.5 Å². The van der Waals surface area contributed by atoms with Crippen molar-refractivity contribution in [3.8, 4) is 0 Å². The van der Waals surface area contributed by atoms with Gasteiger partial charge >= 0.3 is 0 Å². The summed E-state index contributed by atoms with van der Waals surface area (Å²) in [6.07, 6.45) is 3.84. The summed E-state index contributed by atoms with van der Waals surface area (Å²) in [5.41, 5.74) is 1.60. The number of amides is 2. The predicted octanol–water partition coefficient (Wildman–Crippen LogP) is 2.36. The monoisotopic (exact) mass is 304 g/mol. The molecule has 0 bridgehead atoms. The van der Waals surface area contributed by atoms with Gasteiger partial charge in [-0.25, -0.2) is 4.39 Å².